The Balaban J connectivity index is 2.04. The molecular weight excluding hydrogens is 278 g/mol. The van der Waals surface area contributed by atoms with Gasteiger partial charge in [-0.1, -0.05) is 11.3 Å². The van der Waals surface area contributed by atoms with Crippen molar-refractivity contribution in [1.82, 2.24) is 10.3 Å². The van der Waals surface area contributed by atoms with Gasteiger partial charge in [0.2, 0.25) is 5.91 Å². The van der Waals surface area contributed by atoms with Crippen molar-refractivity contribution in [2.45, 2.75) is 44.7 Å². The van der Waals surface area contributed by atoms with Crippen LogP contribution >= 0.6 is 11.3 Å². The number of thiazole rings is 1. The summed E-state index contributed by atoms with van der Waals surface area (Å²) in [6, 6.07) is 0.447. The topological polar surface area (TPSA) is 123 Å². The Kier molecular flexibility index (Phi) is 3.85. The molecule has 0 radical (unpaired) electrons. The van der Waals surface area contributed by atoms with Crippen LogP contribution in [0, 0.1) is 0 Å². The third-order valence-corrected chi connectivity index (χ3v) is 3.83. The highest BCUT2D eigenvalue weighted by Crippen LogP contribution is 2.30. The van der Waals surface area contributed by atoms with Crippen LogP contribution in [0.1, 0.15) is 42.8 Å². The van der Waals surface area contributed by atoms with E-state index in [1.807, 2.05) is 0 Å². The lowest BCUT2D eigenvalue weighted by molar-refractivity contribution is -0.119. The number of anilines is 2. The van der Waals surface area contributed by atoms with Crippen LogP contribution in [-0.4, -0.2) is 28.4 Å². The van der Waals surface area contributed by atoms with Gasteiger partial charge in [-0.15, -0.1) is 0 Å². The highest BCUT2D eigenvalue weighted by atomic mass is 32.1. The van der Waals surface area contributed by atoms with Crippen molar-refractivity contribution >= 4 is 34.1 Å². The maximum absolute atomic E-state index is 12.2. The van der Waals surface area contributed by atoms with Crippen molar-refractivity contribution in [3.8, 4) is 0 Å². The fraction of sp³-hybridized carbons (Fsp3) is 0.583. The minimum Gasteiger partial charge on any atom is -0.382 e. The first-order chi connectivity index (χ1) is 9.27. The summed E-state index contributed by atoms with van der Waals surface area (Å²) < 4.78 is 0. The molecule has 2 amide bonds. The molecule has 0 aliphatic heterocycles. The Morgan fingerprint density at radius 1 is 1.45 bits per heavy atom. The summed E-state index contributed by atoms with van der Waals surface area (Å²) >= 11 is 1.22. The van der Waals surface area contributed by atoms with Crippen LogP contribution in [0.5, 0.6) is 0 Å². The van der Waals surface area contributed by atoms with Gasteiger partial charge in [-0.3, -0.25) is 9.59 Å². The number of carbonyl (C=O) groups is 2. The van der Waals surface area contributed by atoms with Crippen LogP contribution in [-0.2, 0) is 4.79 Å². The molecule has 0 unspecified atom stereocenters. The van der Waals surface area contributed by atoms with Gasteiger partial charge < -0.3 is 22.1 Å². The Hall–Kier alpha value is -1.83. The maximum atomic E-state index is 12.2. The third kappa shape index (κ3) is 3.83. The second kappa shape index (κ2) is 5.28. The van der Waals surface area contributed by atoms with Gasteiger partial charge in [0.15, 0.2) is 5.13 Å². The molecule has 1 saturated carbocycles. The Bertz CT molecular complexity index is 536. The van der Waals surface area contributed by atoms with Gasteiger partial charge >= 0.3 is 0 Å². The number of nitrogen functional groups attached to an aromatic ring is 1. The fourth-order valence-corrected chi connectivity index (χ4v) is 2.66. The molecule has 1 heterocycles. The second-order valence-electron chi connectivity index (χ2n) is 5.63. The predicted molar refractivity (Wildman–Crippen MR) is 78.5 cm³/mol. The summed E-state index contributed by atoms with van der Waals surface area (Å²) in [6.45, 7) is 3.46. The summed E-state index contributed by atoms with van der Waals surface area (Å²) in [5.41, 5.74) is 10.2. The van der Waals surface area contributed by atoms with Crippen molar-refractivity contribution in [2.75, 3.05) is 11.1 Å². The van der Waals surface area contributed by atoms with E-state index in [0.29, 0.717) is 16.1 Å². The van der Waals surface area contributed by atoms with Gasteiger partial charge in [0, 0.05) is 18.0 Å². The number of carbonyl (C=O) groups excluding carboxylic acids is 2. The number of nitrogens with two attached hydrogens (primary N) is 2. The molecule has 1 aromatic rings. The molecule has 0 aromatic carbocycles. The van der Waals surface area contributed by atoms with Gasteiger partial charge in [0.1, 0.15) is 10.7 Å². The molecular formula is C12H19N5O2S. The Labute approximate surface area is 121 Å². The van der Waals surface area contributed by atoms with E-state index in [0.717, 1.165) is 12.8 Å². The molecule has 110 valence electrons. The quantitative estimate of drug-likeness (QED) is 0.615. The fourth-order valence-electron chi connectivity index (χ4n) is 1.80. The van der Waals surface area contributed by atoms with Crippen LogP contribution in [0.2, 0.25) is 0 Å². The minimum absolute atomic E-state index is 0.0601. The lowest BCUT2D eigenvalue weighted by Crippen LogP contribution is -2.45. The number of nitrogens with one attached hydrogen (secondary N) is 2. The Morgan fingerprint density at radius 2 is 2.10 bits per heavy atom. The molecule has 1 aliphatic carbocycles. The predicted octanol–water partition coefficient (Wildman–Crippen LogP) is 0.683. The average Bonchev–Trinajstić information content (AvgIpc) is 2.98. The lowest BCUT2D eigenvalue weighted by Gasteiger charge is -2.24. The molecule has 6 N–H and O–H groups in total. The summed E-state index contributed by atoms with van der Waals surface area (Å²) in [6.07, 6.45) is 2.30. The zero-order valence-corrected chi connectivity index (χ0v) is 12.3. The van der Waals surface area contributed by atoms with E-state index in [9.17, 15) is 9.59 Å². The van der Waals surface area contributed by atoms with Crippen molar-refractivity contribution in [3.63, 3.8) is 0 Å². The van der Waals surface area contributed by atoms with E-state index in [1.165, 1.54) is 11.3 Å². The van der Waals surface area contributed by atoms with Gasteiger partial charge in [-0.05, 0) is 26.7 Å². The molecule has 0 bridgehead atoms. The second-order valence-corrected chi connectivity index (χ2v) is 6.63. The van der Waals surface area contributed by atoms with Crippen molar-refractivity contribution in [1.29, 1.82) is 0 Å². The molecule has 0 saturated heterocycles. The number of primary amides is 1. The molecule has 1 fully saturated rings. The van der Waals surface area contributed by atoms with Crippen LogP contribution in [0.15, 0.2) is 0 Å². The molecule has 1 aromatic heterocycles. The monoisotopic (exact) mass is 297 g/mol. The van der Waals surface area contributed by atoms with Crippen LogP contribution < -0.4 is 22.1 Å². The van der Waals surface area contributed by atoms with Crippen LogP contribution in [0.4, 0.5) is 10.9 Å². The first-order valence-electron chi connectivity index (χ1n) is 6.40. The molecule has 1 aliphatic rings. The lowest BCUT2D eigenvalue weighted by atomic mass is 10.0. The number of hydrogen-bond donors (Lipinski definition) is 4. The third-order valence-electron chi connectivity index (χ3n) is 2.83. The Morgan fingerprint density at radius 3 is 2.65 bits per heavy atom. The standard InChI is InChI=1S/C12H19N5O2S/c1-12(2,5-7(13)18)17-10(19)8-9(14)16-11(20-8)15-6-3-4-6/h6H,3-5,14H2,1-2H3,(H2,13,18)(H,15,16)(H,17,19). The summed E-state index contributed by atoms with van der Waals surface area (Å²) in [4.78, 5) is 27.6. The number of hydrogen-bond acceptors (Lipinski definition) is 6. The first kappa shape index (κ1) is 14.6. The number of amides is 2. The van der Waals surface area contributed by atoms with Crippen LogP contribution in [0.3, 0.4) is 0 Å². The van der Waals surface area contributed by atoms with Gasteiger partial charge in [0.25, 0.3) is 5.91 Å². The van der Waals surface area contributed by atoms with E-state index in [2.05, 4.69) is 15.6 Å². The molecule has 7 nitrogen and oxygen atoms in total. The number of aromatic nitrogens is 1. The van der Waals surface area contributed by atoms with Crippen molar-refractivity contribution < 1.29 is 9.59 Å². The summed E-state index contributed by atoms with van der Waals surface area (Å²) in [5.74, 6) is -0.607. The number of nitrogens with zero attached hydrogens (tertiary/aromatic N) is 1. The van der Waals surface area contributed by atoms with Crippen LogP contribution in [0.25, 0.3) is 0 Å². The zero-order chi connectivity index (χ0) is 14.9. The van der Waals surface area contributed by atoms with E-state index in [-0.39, 0.29) is 18.1 Å². The maximum Gasteiger partial charge on any atom is 0.265 e. The van der Waals surface area contributed by atoms with Gasteiger partial charge in [-0.2, -0.15) is 0 Å². The normalized spacial score (nSPS) is 14.9. The average molecular weight is 297 g/mol. The zero-order valence-electron chi connectivity index (χ0n) is 11.5. The SMILES string of the molecule is CC(C)(CC(N)=O)NC(=O)c1sc(NC2CC2)nc1N. The number of rotatable bonds is 6. The summed E-state index contributed by atoms with van der Waals surface area (Å²) in [7, 11) is 0. The highest BCUT2D eigenvalue weighted by molar-refractivity contribution is 7.18. The molecule has 0 atom stereocenters. The first-order valence-corrected chi connectivity index (χ1v) is 7.22. The minimum atomic E-state index is -0.719. The molecule has 0 spiro atoms. The molecule has 2 rings (SSSR count). The van der Waals surface area contributed by atoms with E-state index in [1.54, 1.807) is 13.8 Å². The molecule has 8 heteroatoms. The van der Waals surface area contributed by atoms with Gasteiger partial charge in [-0.25, -0.2) is 4.98 Å². The largest absolute Gasteiger partial charge is 0.382 e. The van der Waals surface area contributed by atoms with E-state index in [4.69, 9.17) is 11.5 Å². The van der Waals surface area contributed by atoms with Crippen molar-refractivity contribution in [3.05, 3.63) is 4.88 Å². The van der Waals surface area contributed by atoms with Crippen molar-refractivity contribution in [2.24, 2.45) is 5.73 Å². The highest BCUT2D eigenvalue weighted by Gasteiger charge is 2.27. The van der Waals surface area contributed by atoms with Gasteiger partial charge in [0.05, 0.1) is 0 Å². The van der Waals surface area contributed by atoms with E-state index < -0.39 is 11.4 Å². The summed E-state index contributed by atoms with van der Waals surface area (Å²) in [5, 5.41) is 6.61. The smallest absolute Gasteiger partial charge is 0.265 e. The van der Waals surface area contributed by atoms with E-state index >= 15 is 0 Å². The molecule has 20 heavy (non-hydrogen) atoms.